The first kappa shape index (κ1) is 11.6. The van der Waals surface area contributed by atoms with E-state index >= 15 is 0 Å². The fourth-order valence-corrected chi connectivity index (χ4v) is 1.66. The van der Waals surface area contributed by atoms with E-state index in [0.29, 0.717) is 5.69 Å². The molecule has 2 aromatic heterocycles. The molecule has 2 aromatic rings. The number of hydrogen-bond acceptors (Lipinski definition) is 4. The second-order valence-electron chi connectivity index (χ2n) is 3.94. The van der Waals surface area contributed by atoms with Crippen molar-refractivity contribution in [2.45, 2.75) is 19.6 Å². The fraction of sp³-hybridized carbons (Fsp3) is 0.333. The summed E-state index contributed by atoms with van der Waals surface area (Å²) < 4.78 is 7.26. The van der Waals surface area contributed by atoms with Gasteiger partial charge in [0.25, 0.3) is 0 Å². The minimum atomic E-state index is 0.126. The highest BCUT2D eigenvalue weighted by Crippen LogP contribution is 2.24. The lowest BCUT2D eigenvalue weighted by atomic mass is 10.2. The predicted octanol–water partition coefficient (Wildman–Crippen LogP) is 1.56. The molecular formula is C12H16N4O. The molecule has 0 spiro atoms. The molecule has 0 bridgehead atoms. The predicted molar refractivity (Wildman–Crippen MR) is 66.3 cm³/mol. The van der Waals surface area contributed by atoms with Gasteiger partial charge in [0.2, 0.25) is 0 Å². The van der Waals surface area contributed by atoms with Crippen molar-refractivity contribution in [3.8, 4) is 11.3 Å². The Morgan fingerprint density at radius 1 is 1.41 bits per heavy atom. The maximum absolute atomic E-state index is 5.93. The van der Waals surface area contributed by atoms with Crippen LogP contribution < -0.4 is 5.73 Å². The molecule has 1 unspecified atom stereocenters. The van der Waals surface area contributed by atoms with E-state index in [4.69, 9.17) is 10.5 Å². The molecule has 5 nitrogen and oxygen atoms in total. The Morgan fingerprint density at radius 3 is 2.94 bits per heavy atom. The number of imidazole rings is 1. The Bertz CT molecular complexity index is 495. The molecule has 2 N–H and O–H groups in total. The van der Waals surface area contributed by atoms with Gasteiger partial charge >= 0.3 is 0 Å². The Labute approximate surface area is 100 Å². The van der Waals surface area contributed by atoms with Crippen LogP contribution in [0.4, 0.5) is 5.69 Å². The van der Waals surface area contributed by atoms with Crippen molar-refractivity contribution in [3.63, 3.8) is 0 Å². The highest BCUT2D eigenvalue weighted by atomic mass is 16.5. The Kier molecular flexibility index (Phi) is 3.39. The van der Waals surface area contributed by atoms with Crippen molar-refractivity contribution in [1.29, 1.82) is 0 Å². The molecule has 0 aliphatic rings. The first-order valence-electron chi connectivity index (χ1n) is 5.45. The molecule has 0 aliphatic heterocycles. The van der Waals surface area contributed by atoms with Crippen LogP contribution in [0.1, 0.15) is 6.92 Å². The number of nitrogens with two attached hydrogens (primary N) is 1. The monoisotopic (exact) mass is 232 g/mol. The molecular weight excluding hydrogens is 216 g/mol. The van der Waals surface area contributed by atoms with Crippen molar-refractivity contribution in [3.05, 3.63) is 31.0 Å². The van der Waals surface area contributed by atoms with Gasteiger partial charge in [-0.15, -0.1) is 0 Å². The minimum Gasteiger partial charge on any atom is -0.398 e. The molecule has 0 radical (unpaired) electrons. The number of methoxy groups -OCH3 is 1. The summed E-state index contributed by atoms with van der Waals surface area (Å²) >= 11 is 0. The van der Waals surface area contributed by atoms with Gasteiger partial charge in [0.15, 0.2) is 0 Å². The van der Waals surface area contributed by atoms with Crippen LogP contribution in [0, 0.1) is 0 Å². The van der Waals surface area contributed by atoms with Gasteiger partial charge in [-0.2, -0.15) is 0 Å². The average molecular weight is 232 g/mol. The number of rotatable bonds is 4. The van der Waals surface area contributed by atoms with Gasteiger partial charge in [-0.1, -0.05) is 0 Å². The minimum absolute atomic E-state index is 0.126. The standard InChI is InChI=1S/C12H16N4O/c1-9(17-2)7-16-8-15-6-12(16)10-5-14-4-3-11(10)13/h3-6,8-9H,7H2,1-2H3,(H2,13,14). The smallest absolute Gasteiger partial charge is 0.0951 e. The van der Waals surface area contributed by atoms with Crippen LogP contribution in [0.15, 0.2) is 31.0 Å². The molecule has 0 saturated heterocycles. The lowest BCUT2D eigenvalue weighted by Gasteiger charge is -2.13. The zero-order valence-corrected chi connectivity index (χ0v) is 10.00. The molecule has 0 aromatic carbocycles. The van der Waals surface area contributed by atoms with Gasteiger partial charge in [0.1, 0.15) is 0 Å². The molecule has 1 atom stereocenters. The lowest BCUT2D eigenvalue weighted by molar-refractivity contribution is 0.103. The van der Waals surface area contributed by atoms with Crippen LogP contribution in [0.3, 0.4) is 0 Å². The zero-order chi connectivity index (χ0) is 12.3. The van der Waals surface area contributed by atoms with Crippen LogP contribution >= 0.6 is 0 Å². The number of hydrogen-bond donors (Lipinski definition) is 1. The number of ether oxygens (including phenoxy) is 1. The fourth-order valence-electron chi connectivity index (χ4n) is 1.66. The first-order valence-corrected chi connectivity index (χ1v) is 5.45. The quantitative estimate of drug-likeness (QED) is 0.868. The summed E-state index contributed by atoms with van der Waals surface area (Å²) in [4.78, 5) is 8.24. The van der Waals surface area contributed by atoms with Crippen molar-refractivity contribution >= 4 is 5.69 Å². The van der Waals surface area contributed by atoms with Gasteiger partial charge in [0.05, 0.1) is 30.9 Å². The highest BCUT2D eigenvalue weighted by molar-refractivity contribution is 5.72. The molecule has 0 aliphatic carbocycles. The second kappa shape index (κ2) is 4.97. The number of anilines is 1. The summed E-state index contributed by atoms with van der Waals surface area (Å²) in [7, 11) is 1.69. The van der Waals surface area contributed by atoms with Crippen molar-refractivity contribution < 1.29 is 4.74 Å². The average Bonchev–Trinajstić information content (AvgIpc) is 2.77. The number of aromatic nitrogens is 3. The summed E-state index contributed by atoms with van der Waals surface area (Å²) in [5.41, 5.74) is 8.49. The van der Waals surface area contributed by atoms with Gasteiger partial charge < -0.3 is 15.0 Å². The van der Waals surface area contributed by atoms with Crippen LogP contribution in [0.25, 0.3) is 11.3 Å². The molecule has 0 fully saturated rings. The van der Waals surface area contributed by atoms with Crippen molar-refractivity contribution in [1.82, 2.24) is 14.5 Å². The summed E-state index contributed by atoms with van der Waals surface area (Å²) in [6.45, 7) is 2.75. The third kappa shape index (κ3) is 2.45. The van der Waals surface area contributed by atoms with Gasteiger partial charge in [-0.05, 0) is 13.0 Å². The lowest BCUT2D eigenvalue weighted by Crippen LogP contribution is -2.14. The second-order valence-corrected chi connectivity index (χ2v) is 3.94. The molecule has 90 valence electrons. The maximum Gasteiger partial charge on any atom is 0.0951 e. The summed E-state index contributed by atoms with van der Waals surface area (Å²) in [6, 6.07) is 1.78. The molecule has 5 heteroatoms. The third-order valence-electron chi connectivity index (χ3n) is 2.70. The van der Waals surface area contributed by atoms with E-state index in [1.165, 1.54) is 0 Å². The number of pyridine rings is 1. The number of nitrogens with zero attached hydrogens (tertiary/aromatic N) is 3. The molecule has 0 saturated carbocycles. The highest BCUT2D eigenvalue weighted by Gasteiger charge is 2.10. The van der Waals surface area contributed by atoms with E-state index in [2.05, 4.69) is 9.97 Å². The third-order valence-corrected chi connectivity index (χ3v) is 2.70. The largest absolute Gasteiger partial charge is 0.398 e. The van der Waals surface area contributed by atoms with Gasteiger partial charge in [-0.25, -0.2) is 4.98 Å². The normalized spacial score (nSPS) is 12.6. The van der Waals surface area contributed by atoms with E-state index < -0.39 is 0 Å². The topological polar surface area (TPSA) is 66.0 Å². The Morgan fingerprint density at radius 2 is 2.24 bits per heavy atom. The molecule has 2 heterocycles. The Hall–Kier alpha value is -1.88. The number of nitrogen functional groups attached to an aromatic ring is 1. The van der Waals surface area contributed by atoms with Gasteiger partial charge in [-0.3, -0.25) is 4.98 Å². The maximum atomic E-state index is 5.93. The van der Waals surface area contributed by atoms with Crippen LogP contribution in [0.2, 0.25) is 0 Å². The SMILES string of the molecule is COC(C)Cn1cncc1-c1cnccc1N. The zero-order valence-electron chi connectivity index (χ0n) is 10.00. The van der Waals surface area contributed by atoms with Crippen LogP contribution in [0.5, 0.6) is 0 Å². The first-order chi connectivity index (χ1) is 8.22. The molecule has 17 heavy (non-hydrogen) atoms. The van der Waals surface area contributed by atoms with E-state index in [1.54, 1.807) is 38.1 Å². The van der Waals surface area contributed by atoms with E-state index in [-0.39, 0.29) is 6.10 Å². The van der Waals surface area contributed by atoms with E-state index in [0.717, 1.165) is 17.8 Å². The van der Waals surface area contributed by atoms with Crippen molar-refractivity contribution in [2.24, 2.45) is 0 Å². The molecule has 0 amide bonds. The Balaban J connectivity index is 2.34. The molecule has 2 rings (SSSR count). The summed E-state index contributed by atoms with van der Waals surface area (Å²) in [6.07, 6.45) is 7.12. The van der Waals surface area contributed by atoms with Crippen LogP contribution in [-0.4, -0.2) is 27.7 Å². The van der Waals surface area contributed by atoms with Crippen LogP contribution in [-0.2, 0) is 11.3 Å². The van der Waals surface area contributed by atoms with E-state index in [9.17, 15) is 0 Å². The van der Waals surface area contributed by atoms with Crippen molar-refractivity contribution in [2.75, 3.05) is 12.8 Å². The van der Waals surface area contributed by atoms with Gasteiger partial charge in [0, 0.05) is 30.8 Å². The summed E-state index contributed by atoms with van der Waals surface area (Å²) in [5, 5.41) is 0. The summed E-state index contributed by atoms with van der Waals surface area (Å²) in [5.74, 6) is 0. The van der Waals surface area contributed by atoms with E-state index in [1.807, 2.05) is 11.5 Å².